The van der Waals surface area contributed by atoms with Crippen LogP contribution >= 0.6 is 0 Å². The molecule has 10 heteroatoms. The Balaban J connectivity index is 1.73. The van der Waals surface area contributed by atoms with Crippen LogP contribution in [0.4, 0.5) is 13.2 Å². The van der Waals surface area contributed by atoms with E-state index in [2.05, 4.69) is 15.6 Å². The Morgan fingerprint density at radius 3 is 2.33 bits per heavy atom. The number of hydrogen-bond acceptors (Lipinski definition) is 4. The molecule has 0 bridgehead atoms. The van der Waals surface area contributed by atoms with Gasteiger partial charge in [0.05, 0.1) is 17.0 Å². The fraction of sp³-hybridized carbons (Fsp3) is 0.350. The number of aliphatic imine (C=N–C) groups is 1. The summed E-state index contributed by atoms with van der Waals surface area (Å²) >= 11 is 0. The molecule has 0 aliphatic carbocycles. The van der Waals surface area contributed by atoms with Crippen molar-refractivity contribution in [2.45, 2.75) is 17.5 Å². The number of alkyl halides is 3. The van der Waals surface area contributed by atoms with E-state index in [1.54, 1.807) is 31.3 Å². The van der Waals surface area contributed by atoms with Crippen molar-refractivity contribution in [3.63, 3.8) is 0 Å². The monoisotopic (exact) mass is 443 g/mol. The lowest BCUT2D eigenvalue weighted by Gasteiger charge is -2.13. The Labute approximate surface area is 174 Å². The molecule has 0 atom stereocenters. The van der Waals surface area contributed by atoms with Gasteiger partial charge in [0.15, 0.2) is 15.8 Å². The summed E-state index contributed by atoms with van der Waals surface area (Å²) in [6.07, 6.45) is -2.59. The first-order valence-corrected chi connectivity index (χ1v) is 11.0. The van der Waals surface area contributed by atoms with Gasteiger partial charge >= 0.3 is 6.18 Å². The smallest absolute Gasteiger partial charge is 0.416 e. The number of hydrogen-bond donors (Lipinski definition) is 2. The van der Waals surface area contributed by atoms with Crippen molar-refractivity contribution in [1.29, 1.82) is 0 Å². The maximum Gasteiger partial charge on any atom is 0.416 e. The highest BCUT2D eigenvalue weighted by molar-refractivity contribution is 7.90. The number of halogens is 3. The van der Waals surface area contributed by atoms with Crippen LogP contribution in [0.25, 0.3) is 0 Å². The topological polar surface area (TPSA) is 79.8 Å². The predicted molar refractivity (Wildman–Crippen MR) is 110 cm³/mol. The Hall–Kier alpha value is -2.75. The van der Waals surface area contributed by atoms with E-state index in [0.29, 0.717) is 25.5 Å². The molecular formula is C20H24F3N3O3S. The third kappa shape index (κ3) is 7.58. The average Bonchev–Trinajstić information content (AvgIpc) is 2.69. The number of ether oxygens (including phenoxy) is 1. The van der Waals surface area contributed by atoms with E-state index in [0.717, 1.165) is 24.0 Å². The van der Waals surface area contributed by atoms with Gasteiger partial charge in [-0.2, -0.15) is 13.2 Å². The van der Waals surface area contributed by atoms with E-state index in [-0.39, 0.29) is 17.3 Å². The van der Waals surface area contributed by atoms with Crippen molar-refractivity contribution in [2.75, 3.05) is 33.0 Å². The van der Waals surface area contributed by atoms with Crippen molar-refractivity contribution in [1.82, 2.24) is 10.6 Å². The first-order chi connectivity index (χ1) is 14.1. The van der Waals surface area contributed by atoms with Gasteiger partial charge in [0.1, 0.15) is 12.4 Å². The van der Waals surface area contributed by atoms with Gasteiger partial charge < -0.3 is 15.4 Å². The Morgan fingerprint density at radius 2 is 1.73 bits per heavy atom. The van der Waals surface area contributed by atoms with E-state index in [9.17, 15) is 21.6 Å². The van der Waals surface area contributed by atoms with Crippen molar-refractivity contribution in [3.05, 3.63) is 59.7 Å². The Morgan fingerprint density at radius 1 is 1.07 bits per heavy atom. The molecule has 2 aromatic carbocycles. The molecule has 0 spiro atoms. The number of sulfone groups is 1. The van der Waals surface area contributed by atoms with Gasteiger partial charge in [-0.3, -0.25) is 4.99 Å². The molecule has 0 aromatic heterocycles. The van der Waals surface area contributed by atoms with Crippen LogP contribution in [0.3, 0.4) is 0 Å². The molecule has 0 saturated heterocycles. The molecule has 0 radical (unpaired) electrons. The van der Waals surface area contributed by atoms with Crippen LogP contribution in [0, 0.1) is 0 Å². The summed E-state index contributed by atoms with van der Waals surface area (Å²) in [6, 6.07) is 11.4. The summed E-state index contributed by atoms with van der Waals surface area (Å²) in [5.74, 6) is 0.669. The molecule has 2 N–H and O–H groups in total. The highest BCUT2D eigenvalue weighted by atomic mass is 32.2. The molecule has 0 aliphatic heterocycles. The van der Waals surface area contributed by atoms with E-state index in [1.807, 2.05) is 0 Å². The van der Waals surface area contributed by atoms with Gasteiger partial charge in [0.25, 0.3) is 0 Å². The largest absolute Gasteiger partial charge is 0.492 e. The van der Waals surface area contributed by atoms with E-state index in [4.69, 9.17) is 4.74 Å². The zero-order chi connectivity index (χ0) is 22.2. The molecule has 0 amide bonds. The van der Waals surface area contributed by atoms with Crippen LogP contribution < -0.4 is 15.4 Å². The standard InChI is InChI=1S/C20H24F3N3O3S/c1-24-19(25-11-10-15-6-8-18(9-7-15)30(2,27)28)26-12-13-29-17-5-3-4-16(14-17)20(21,22)23/h3-9,14H,10-13H2,1-2H3,(H2,24,25,26). The molecule has 2 rings (SSSR count). The van der Waals surface area contributed by atoms with Gasteiger partial charge in [0.2, 0.25) is 0 Å². The molecule has 0 heterocycles. The lowest BCUT2D eigenvalue weighted by atomic mass is 10.1. The number of rotatable bonds is 8. The van der Waals surface area contributed by atoms with Crippen molar-refractivity contribution < 1.29 is 26.3 Å². The maximum absolute atomic E-state index is 12.7. The summed E-state index contributed by atoms with van der Waals surface area (Å²) in [5.41, 5.74) is 0.216. The van der Waals surface area contributed by atoms with Gasteiger partial charge in [0, 0.05) is 19.8 Å². The fourth-order valence-corrected chi connectivity index (χ4v) is 3.18. The molecule has 0 aliphatic rings. The third-order valence-corrected chi connectivity index (χ3v) is 5.23. The summed E-state index contributed by atoms with van der Waals surface area (Å²) in [5, 5.41) is 6.12. The van der Waals surface area contributed by atoms with Gasteiger partial charge in [-0.05, 0) is 42.3 Å². The molecule has 0 unspecified atom stereocenters. The van der Waals surface area contributed by atoms with Crippen LogP contribution in [-0.2, 0) is 22.4 Å². The van der Waals surface area contributed by atoms with Crippen molar-refractivity contribution in [3.8, 4) is 5.75 Å². The molecule has 30 heavy (non-hydrogen) atoms. The maximum atomic E-state index is 12.7. The van der Waals surface area contributed by atoms with Gasteiger partial charge in [-0.15, -0.1) is 0 Å². The highest BCUT2D eigenvalue weighted by Gasteiger charge is 2.30. The summed E-state index contributed by atoms with van der Waals surface area (Å²) in [4.78, 5) is 4.34. The van der Waals surface area contributed by atoms with E-state index < -0.39 is 21.6 Å². The first kappa shape index (κ1) is 23.5. The second kappa shape index (κ2) is 10.3. The number of benzene rings is 2. The lowest BCUT2D eigenvalue weighted by molar-refractivity contribution is -0.137. The molecule has 0 fully saturated rings. The van der Waals surface area contributed by atoms with Crippen molar-refractivity contribution in [2.24, 2.45) is 4.99 Å². The van der Waals surface area contributed by atoms with Gasteiger partial charge in [-0.1, -0.05) is 18.2 Å². The first-order valence-electron chi connectivity index (χ1n) is 9.13. The number of nitrogens with one attached hydrogen (secondary N) is 2. The van der Waals surface area contributed by atoms with Crippen LogP contribution in [0.5, 0.6) is 5.75 Å². The molecule has 0 saturated carbocycles. The summed E-state index contributed by atoms with van der Waals surface area (Å²) < 4.78 is 66.4. The van der Waals surface area contributed by atoms with Crippen LogP contribution in [0.2, 0.25) is 0 Å². The van der Waals surface area contributed by atoms with Crippen LogP contribution in [0.1, 0.15) is 11.1 Å². The zero-order valence-corrected chi connectivity index (χ0v) is 17.5. The minimum Gasteiger partial charge on any atom is -0.492 e. The Kier molecular flexibility index (Phi) is 8.10. The average molecular weight is 443 g/mol. The highest BCUT2D eigenvalue weighted by Crippen LogP contribution is 2.31. The number of guanidine groups is 1. The molecular weight excluding hydrogens is 419 g/mol. The minimum atomic E-state index is -4.41. The molecule has 2 aromatic rings. The molecule has 6 nitrogen and oxygen atoms in total. The fourth-order valence-electron chi connectivity index (χ4n) is 2.55. The van der Waals surface area contributed by atoms with E-state index in [1.165, 1.54) is 12.1 Å². The van der Waals surface area contributed by atoms with Crippen LogP contribution in [0.15, 0.2) is 58.4 Å². The normalized spacial score (nSPS) is 12.5. The summed E-state index contributed by atoms with van der Waals surface area (Å²) in [7, 11) is -1.61. The second-order valence-corrected chi connectivity index (χ2v) is 8.48. The second-order valence-electron chi connectivity index (χ2n) is 6.47. The SMILES string of the molecule is CN=C(NCCOc1cccc(C(F)(F)F)c1)NCCc1ccc(S(C)(=O)=O)cc1. The summed E-state index contributed by atoms with van der Waals surface area (Å²) in [6.45, 7) is 1.07. The zero-order valence-electron chi connectivity index (χ0n) is 16.7. The van der Waals surface area contributed by atoms with Gasteiger partial charge in [-0.25, -0.2) is 8.42 Å². The minimum absolute atomic E-state index is 0.145. The third-order valence-electron chi connectivity index (χ3n) is 4.11. The lowest BCUT2D eigenvalue weighted by Crippen LogP contribution is -2.40. The Bertz CT molecular complexity index is 959. The number of nitrogens with zero attached hydrogens (tertiary/aromatic N) is 1. The van der Waals surface area contributed by atoms with Crippen LogP contribution in [-0.4, -0.2) is 47.4 Å². The molecule has 164 valence electrons. The predicted octanol–water partition coefficient (Wildman–Crippen LogP) is 2.90. The van der Waals surface area contributed by atoms with E-state index >= 15 is 0 Å². The quantitative estimate of drug-likeness (QED) is 0.373. The van der Waals surface area contributed by atoms with Crippen molar-refractivity contribution >= 4 is 15.8 Å².